The molecule has 0 aliphatic carbocycles. The van der Waals surface area contributed by atoms with Crippen LogP contribution < -0.4 is 4.90 Å². The minimum Gasteiger partial charge on any atom is -0.391 e. The SMILES string of the molecule is O=C1N=Cc2cc(N3CCN(C[C@H](O)Cc4ccc(Br)cc4)CC3)ccc21. The van der Waals surface area contributed by atoms with Gasteiger partial charge in [-0.1, -0.05) is 28.1 Å². The fourth-order valence-corrected chi connectivity index (χ4v) is 3.95. The Morgan fingerprint density at radius 3 is 2.56 bits per heavy atom. The number of amides is 1. The number of hydrogen-bond donors (Lipinski definition) is 1. The molecule has 2 aliphatic heterocycles. The monoisotopic (exact) mass is 427 g/mol. The number of fused-ring (bicyclic) bond motifs is 1. The zero-order valence-electron chi connectivity index (χ0n) is 15.0. The summed E-state index contributed by atoms with van der Waals surface area (Å²) in [6.45, 7) is 4.35. The number of carbonyl (C=O) groups is 1. The molecule has 4 rings (SSSR count). The first kappa shape index (κ1) is 18.3. The molecule has 1 saturated heterocycles. The quantitative estimate of drug-likeness (QED) is 0.796. The maximum Gasteiger partial charge on any atom is 0.277 e. The van der Waals surface area contributed by atoms with E-state index in [1.165, 1.54) is 0 Å². The molecule has 27 heavy (non-hydrogen) atoms. The van der Waals surface area contributed by atoms with Gasteiger partial charge < -0.3 is 10.0 Å². The summed E-state index contributed by atoms with van der Waals surface area (Å²) >= 11 is 3.44. The average molecular weight is 428 g/mol. The fraction of sp³-hybridized carbons (Fsp3) is 0.333. The van der Waals surface area contributed by atoms with Gasteiger partial charge in [0, 0.05) is 54.7 Å². The smallest absolute Gasteiger partial charge is 0.277 e. The Morgan fingerprint density at radius 1 is 1.07 bits per heavy atom. The fourth-order valence-electron chi connectivity index (χ4n) is 3.69. The number of piperazine rings is 1. The lowest BCUT2D eigenvalue weighted by Gasteiger charge is -2.37. The molecule has 0 unspecified atom stereocenters. The minimum atomic E-state index is -0.361. The molecular weight excluding hydrogens is 406 g/mol. The van der Waals surface area contributed by atoms with E-state index in [0.717, 1.165) is 47.5 Å². The van der Waals surface area contributed by atoms with Crippen molar-refractivity contribution < 1.29 is 9.90 Å². The van der Waals surface area contributed by atoms with Crippen molar-refractivity contribution in [2.24, 2.45) is 4.99 Å². The predicted octanol–water partition coefficient (Wildman–Crippen LogP) is 2.75. The number of aliphatic hydroxyl groups is 1. The Morgan fingerprint density at radius 2 is 1.81 bits per heavy atom. The van der Waals surface area contributed by atoms with Gasteiger partial charge in [-0.2, -0.15) is 0 Å². The van der Waals surface area contributed by atoms with Crippen LogP contribution in [0.5, 0.6) is 0 Å². The van der Waals surface area contributed by atoms with Crippen LogP contribution in [0, 0.1) is 0 Å². The van der Waals surface area contributed by atoms with E-state index >= 15 is 0 Å². The van der Waals surface area contributed by atoms with E-state index in [1.807, 2.05) is 42.5 Å². The third kappa shape index (κ3) is 4.29. The third-order valence-electron chi connectivity index (χ3n) is 5.18. The summed E-state index contributed by atoms with van der Waals surface area (Å²) in [6, 6.07) is 14.0. The number of hydrogen-bond acceptors (Lipinski definition) is 4. The van der Waals surface area contributed by atoms with Crippen LogP contribution in [0.2, 0.25) is 0 Å². The Bertz CT molecular complexity index is 858. The van der Waals surface area contributed by atoms with E-state index in [9.17, 15) is 9.90 Å². The highest BCUT2D eigenvalue weighted by Gasteiger charge is 2.22. The summed E-state index contributed by atoms with van der Waals surface area (Å²) in [5, 5.41) is 10.4. The first-order valence-electron chi connectivity index (χ1n) is 9.21. The van der Waals surface area contributed by atoms with Gasteiger partial charge in [-0.15, -0.1) is 0 Å². The third-order valence-corrected chi connectivity index (χ3v) is 5.71. The summed E-state index contributed by atoms with van der Waals surface area (Å²) in [7, 11) is 0. The van der Waals surface area contributed by atoms with Gasteiger partial charge in [-0.3, -0.25) is 9.69 Å². The normalized spacial score (nSPS) is 18.0. The van der Waals surface area contributed by atoms with E-state index in [2.05, 4.69) is 30.7 Å². The highest BCUT2D eigenvalue weighted by molar-refractivity contribution is 9.10. The van der Waals surface area contributed by atoms with Crippen LogP contribution in [0.1, 0.15) is 21.5 Å². The molecule has 1 N–H and O–H groups in total. The molecule has 1 fully saturated rings. The molecule has 5 nitrogen and oxygen atoms in total. The number of benzene rings is 2. The van der Waals surface area contributed by atoms with Crippen molar-refractivity contribution in [3.8, 4) is 0 Å². The van der Waals surface area contributed by atoms with E-state index < -0.39 is 0 Å². The summed E-state index contributed by atoms with van der Waals surface area (Å²) in [4.78, 5) is 20.1. The molecule has 2 aromatic carbocycles. The van der Waals surface area contributed by atoms with Gasteiger partial charge in [0.15, 0.2) is 0 Å². The van der Waals surface area contributed by atoms with Crippen LogP contribution in [0.25, 0.3) is 0 Å². The highest BCUT2D eigenvalue weighted by atomic mass is 79.9. The van der Waals surface area contributed by atoms with Crippen molar-refractivity contribution in [3.63, 3.8) is 0 Å². The van der Waals surface area contributed by atoms with Crippen LogP contribution >= 0.6 is 15.9 Å². The molecule has 140 valence electrons. The molecule has 0 aromatic heterocycles. The molecule has 2 heterocycles. The number of anilines is 1. The second-order valence-corrected chi connectivity index (χ2v) is 8.02. The summed E-state index contributed by atoms with van der Waals surface area (Å²) in [5.41, 5.74) is 3.88. The van der Waals surface area contributed by atoms with Crippen LogP contribution in [0.4, 0.5) is 5.69 Å². The number of β-amino-alcohol motifs (C(OH)–C–C–N with tert-alkyl or cyclic N) is 1. The van der Waals surface area contributed by atoms with E-state index in [0.29, 0.717) is 18.5 Å². The van der Waals surface area contributed by atoms with Crippen LogP contribution in [0.3, 0.4) is 0 Å². The Hall–Kier alpha value is -2.02. The summed E-state index contributed by atoms with van der Waals surface area (Å²) < 4.78 is 1.05. The van der Waals surface area contributed by atoms with Crippen molar-refractivity contribution in [2.75, 3.05) is 37.6 Å². The molecule has 2 aliphatic rings. The molecule has 2 aromatic rings. The Kier molecular flexibility index (Phi) is 5.38. The maximum absolute atomic E-state index is 11.6. The molecular formula is C21H22BrN3O2. The van der Waals surface area contributed by atoms with Gasteiger partial charge >= 0.3 is 0 Å². The van der Waals surface area contributed by atoms with Crippen molar-refractivity contribution in [1.29, 1.82) is 0 Å². The van der Waals surface area contributed by atoms with Gasteiger partial charge in [0.05, 0.1) is 11.7 Å². The largest absolute Gasteiger partial charge is 0.391 e. The van der Waals surface area contributed by atoms with E-state index in [-0.39, 0.29) is 12.0 Å². The lowest BCUT2D eigenvalue weighted by Crippen LogP contribution is -2.48. The molecule has 0 bridgehead atoms. The van der Waals surface area contributed by atoms with Crippen molar-refractivity contribution in [2.45, 2.75) is 12.5 Å². The second kappa shape index (κ2) is 7.92. The first-order chi connectivity index (χ1) is 13.1. The number of carbonyl (C=O) groups excluding carboxylic acids is 1. The van der Waals surface area contributed by atoms with Gasteiger partial charge in [0.2, 0.25) is 0 Å². The number of nitrogens with zero attached hydrogens (tertiary/aromatic N) is 3. The van der Waals surface area contributed by atoms with Crippen molar-refractivity contribution in [3.05, 3.63) is 63.6 Å². The molecule has 1 amide bonds. The summed E-state index contributed by atoms with van der Waals surface area (Å²) in [5.74, 6) is -0.152. The van der Waals surface area contributed by atoms with Crippen molar-refractivity contribution in [1.82, 2.24) is 4.90 Å². The van der Waals surface area contributed by atoms with Crippen LogP contribution in [-0.4, -0.2) is 61.0 Å². The zero-order chi connectivity index (χ0) is 18.8. The van der Waals surface area contributed by atoms with Crippen LogP contribution in [0.15, 0.2) is 51.9 Å². The molecule has 0 saturated carbocycles. The van der Waals surface area contributed by atoms with Gasteiger partial charge in [0.1, 0.15) is 0 Å². The van der Waals surface area contributed by atoms with E-state index in [1.54, 1.807) is 6.21 Å². The van der Waals surface area contributed by atoms with Gasteiger partial charge in [-0.05, 0) is 42.3 Å². The van der Waals surface area contributed by atoms with Gasteiger partial charge in [-0.25, -0.2) is 4.99 Å². The number of halogens is 1. The minimum absolute atomic E-state index is 0.152. The lowest BCUT2D eigenvalue weighted by atomic mass is 10.1. The predicted molar refractivity (Wildman–Crippen MR) is 111 cm³/mol. The molecule has 0 radical (unpaired) electrons. The average Bonchev–Trinajstić information content (AvgIpc) is 3.04. The summed E-state index contributed by atoms with van der Waals surface area (Å²) in [6.07, 6.45) is 1.96. The zero-order valence-corrected chi connectivity index (χ0v) is 16.6. The maximum atomic E-state index is 11.6. The number of rotatable bonds is 5. The highest BCUT2D eigenvalue weighted by Crippen LogP contribution is 2.23. The lowest BCUT2D eigenvalue weighted by molar-refractivity contribution is 0.101. The van der Waals surface area contributed by atoms with E-state index in [4.69, 9.17) is 0 Å². The number of aliphatic hydroxyl groups excluding tert-OH is 1. The van der Waals surface area contributed by atoms with Crippen LogP contribution in [-0.2, 0) is 6.42 Å². The standard InChI is InChI=1S/C21H22BrN3O2/c22-17-3-1-15(2-4-17)11-19(26)14-24-7-9-25(10-8-24)18-5-6-20-16(12-18)13-23-21(20)27/h1-6,12-13,19,26H,7-11,14H2/t19-/m1/s1. The molecule has 1 atom stereocenters. The molecule has 0 spiro atoms. The van der Waals surface area contributed by atoms with Crippen molar-refractivity contribution >= 4 is 33.7 Å². The second-order valence-electron chi connectivity index (χ2n) is 7.11. The Labute approximate surface area is 167 Å². The first-order valence-corrected chi connectivity index (χ1v) is 10.00. The Balaban J connectivity index is 1.29. The topological polar surface area (TPSA) is 56.1 Å². The van der Waals surface area contributed by atoms with Gasteiger partial charge in [0.25, 0.3) is 5.91 Å². The number of aliphatic imine (C=N–C) groups is 1. The molecule has 6 heteroatoms.